The van der Waals surface area contributed by atoms with Gasteiger partial charge in [0.2, 0.25) is 0 Å². The topological polar surface area (TPSA) is 35.6 Å². The van der Waals surface area contributed by atoms with Gasteiger partial charge < -0.3 is 10.2 Å². The van der Waals surface area contributed by atoms with E-state index in [9.17, 15) is 9.18 Å². The number of piperazine rings is 1. The van der Waals surface area contributed by atoms with Crippen molar-refractivity contribution >= 4 is 11.7 Å². The fourth-order valence-electron chi connectivity index (χ4n) is 2.69. The number of para-hydroxylation sites is 1. The van der Waals surface area contributed by atoms with Gasteiger partial charge in [-0.2, -0.15) is 0 Å². The van der Waals surface area contributed by atoms with E-state index >= 15 is 0 Å². The Labute approximate surface area is 105 Å². The summed E-state index contributed by atoms with van der Waals surface area (Å²) in [6, 6.07) is 6.64. The van der Waals surface area contributed by atoms with Gasteiger partial charge in [0.25, 0.3) is 0 Å². The number of anilines is 1. The minimum atomic E-state index is -0.334. The standard InChI is InChI=1S/C13H16FN3O/c14-11-3-1-2-4-12(11)17-7-5-10-9-15-6-8-16(10)13(17)18/h1-4,10,15H,5-9H2. The van der Waals surface area contributed by atoms with Crippen molar-refractivity contribution in [1.29, 1.82) is 0 Å². The van der Waals surface area contributed by atoms with E-state index in [4.69, 9.17) is 0 Å². The smallest absolute Gasteiger partial charge is 0.319 e. The van der Waals surface area contributed by atoms with Crippen LogP contribution in [-0.4, -0.2) is 43.2 Å². The summed E-state index contributed by atoms with van der Waals surface area (Å²) in [7, 11) is 0. The van der Waals surface area contributed by atoms with Crippen LogP contribution in [-0.2, 0) is 0 Å². The molecule has 1 aromatic carbocycles. The molecular weight excluding hydrogens is 233 g/mol. The van der Waals surface area contributed by atoms with E-state index in [1.165, 1.54) is 6.07 Å². The van der Waals surface area contributed by atoms with E-state index < -0.39 is 0 Å². The molecule has 0 aromatic heterocycles. The number of fused-ring (bicyclic) bond motifs is 1. The zero-order valence-electron chi connectivity index (χ0n) is 10.1. The molecule has 2 aliphatic heterocycles. The van der Waals surface area contributed by atoms with Crippen LogP contribution in [0.2, 0.25) is 0 Å². The second kappa shape index (κ2) is 4.57. The molecule has 2 amide bonds. The van der Waals surface area contributed by atoms with Crippen LogP contribution in [0.25, 0.3) is 0 Å². The molecule has 2 heterocycles. The third-order valence-electron chi connectivity index (χ3n) is 3.66. The van der Waals surface area contributed by atoms with E-state index in [-0.39, 0.29) is 17.9 Å². The average molecular weight is 249 g/mol. The highest BCUT2D eigenvalue weighted by Gasteiger charge is 2.35. The van der Waals surface area contributed by atoms with Crippen LogP contribution in [0.5, 0.6) is 0 Å². The first-order chi connectivity index (χ1) is 8.77. The summed E-state index contributed by atoms with van der Waals surface area (Å²) in [5, 5.41) is 3.28. The first kappa shape index (κ1) is 11.5. The molecule has 18 heavy (non-hydrogen) atoms. The monoisotopic (exact) mass is 249 g/mol. The zero-order valence-corrected chi connectivity index (χ0v) is 10.1. The number of hydrogen-bond acceptors (Lipinski definition) is 2. The molecule has 96 valence electrons. The van der Waals surface area contributed by atoms with Crippen LogP contribution in [0.3, 0.4) is 0 Å². The number of hydrogen-bond donors (Lipinski definition) is 1. The molecule has 0 radical (unpaired) electrons. The minimum Gasteiger partial charge on any atom is -0.319 e. The summed E-state index contributed by atoms with van der Waals surface area (Å²) < 4.78 is 13.7. The van der Waals surface area contributed by atoms with E-state index in [1.54, 1.807) is 23.1 Å². The third kappa shape index (κ3) is 1.84. The average Bonchev–Trinajstić information content (AvgIpc) is 2.41. The maximum atomic E-state index is 13.7. The zero-order chi connectivity index (χ0) is 12.5. The van der Waals surface area contributed by atoms with Crippen molar-refractivity contribution in [1.82, 2.24) is 10.2 Å². The lowest BCUT2D eigenvalue weighted by atomic mass is 10.1. The lowest BCUT2D eigenvalue weighted by molar-refractivity contribution is 0.147. The van der Waals surface area contributed by atoms with Crippen molar-refractivity contribution in [2.75, 3.05) is 31.1 Å². The lowest BCUT2D eigenvalue weighted by Gasteiger charge is -2.44. The molecule has 4 nitrogen and oxygen atoms in total. The summed E-state index contributed by atoms with van der Waals surface area (Å²) in [6.45, 7) is 2.95. The van der Waals surface area contributed by atoms with Gasteiger partial charge in [0.1, 0.15) is 5.82 Å². The number of carbonyl (C=O) groups excluding carboxylic acids is 1. The number of nitrogens with one attached hydrogen (secondary N) is 1. The van der Waals surface area contributed by atoms with Crippen LogP contribution >= 0.6 is 0 Å². The molecule has 1 N–H and O–H groups in total. The first-order valence-electron chi connectivity index (χ1n) is 6.31. The maximum absolute atomic E-state index is 13.7. The highest BCUT2D eigenvalue weighted by molar-refractivity contribution is 5.93. The third-order valence-corrected chi connectivity index (χ3v) is 3.66. The highest BCUT2D eigenvalue weighted by atomic mass is 19.1. The van der Waals surface area contributed by atoms with Gasteiger partial charge in [-0.05, 0) is 18.6 Å². The van der Waals surface area contributed by atoms with Crippen molar-refractivity contribution in [2.45, 2.75) is 12.5 Å². The molecule has 5 heteroatoms. The molecule has 0 spiro atoms. The number of carbonyl (C=O) groups is 1. The Morgan fingerprint density at radius 3 is 2.94 bits per heavy atom. The van der Waals surface area contributed by atoms with Crippen LogP contribution < -0.4 is 10.2 Å². The number of rotatable bonds is 1. The minimum absolute atomic E-state index is 0.0714. The van der Waals surface area contributed by atoms with E-state index in [1.807, 2.05) is 4.90 Å². The van der Waals surface area contributed by atoms with E-state index in [2.05, 4.69) is 5.32 Å². The van der Waals surface area contributed by atoms with Crippen LogP contribution in [0, 0.1) is 5.82 Å². The van der Waals surface area contributed by atoms with Crippen molar-refractivity contribution in [3.05, 3.63) is 30.1 Å². The Hall–Kier alpha value is -1.62. The van der Waals surface area contributed by atoms with E-state index in [0.29, 0.717) is 18.8 Å². The number of halogens is 1. The molecule has 1 unspecified atom stereocenters. The van der Waals surface area contributed by atoms with Crippen LogP contribution in [0.1, 0.15) is 6.42 Å². The fourth-order valence-corrected chi connectivity index (χ4v) is 2.69. The molecule has 2 aliphatic rings. The second-order valence-corrected chi connectivity index (χ2v) is 4.73. The van der Waals surface area contributed by atoms with Crippen molar-refractivity contribution < 1.29 is 9.18 Å². The van der Waals surface area contributed by atoms with Gasteiger partial charge in [-0.25, -0.2) is 9.18 Å². The van der Waals surface area contributed by atoms with Gasteiger partial charge in [0.05, 0.1) is 5.69 Å². The van der Waals surface area contributed by atoms with Gasteiger partial charge in [-0.1, -0.05) is 12.1 Å². The summed E-state index contributed by atoms with van der Waals surface area (Å²) >= 11 is 0. The normalized spacial score (nSPS) is 24.1. The van der Waals surface area contributed by atoms with Gasteiger partial charge >= 0.3 is 6.03 Å². The van der Waals surface area contributed by atoms with Crippen LogP contribution in [0.15, 0.2) is 24.3 Å². The molecule has 1 aromatic rings. The Bertz CT molecular complexity index is 465. The molecule has 3 rings (SSSR count). The predicted molar refractivity (Wildman–Crippen MR) is 67.1 cm³/mol. The SMILES string of the molecule is O=C1N(c2ccccc2F)CCC2CNCCN12. The highest BCUT2D eigenvalue weighted by Crippen LogP contribution is 2.25. The Morgan fingerprint density at radius 1 is 1.28 bits per heavy atom. The van der Waals surface area contributed by atoms with Gasteiger partial charge in [-0.15, -0.1) is 0 Å². The number of nitrogens with zero attached hydrogens (tertiary/aromatic N) is 2. The van der Waals surface area contributed by atoms with Gasteiger partial charge in [0.15, 0.2) is 0 Å². The Balaban J connectivity index is 1.86. The number of benzene rings is 1. The molecule has 2 saturated heterocycles. The van der Waals surface area contributed by atoms with Gasteiger partial charge in [-0.3, -0.25) is 4.90 Å². The maximum Gasteiger partial charge on any atom is 0.324 e. The van der Waals surface area contributed by atoms with Crippen molar-refractivity contribution in [3.8, 4) is 0 Å². The molecule has 1 atom stereocenters. The first-order valence-corrected chi connectivity index (χ1v) is 6.31. The molecule has 0 saturated carbocycles. The molecular formula is C13H16FN3O. The summed E-state index contributed by atoms with van der Waals surface area (Å²) in [4.78, 5) is 15.8. The quantitative estimate of drug-likeness (QED) is 0.817. The van der Waals surface area contributed by atoms with Crippen molar-refractivity contribution in [3.63, 3.8) is 0 Å². The fraction of sp³-hybridized carbons (Fsp3) is 0.462. The molecule has 0 aliphatic carbocycles. The summed E-state index contributed by atoms with van der Waals surface area (Å²) in [5.41, 5.74) is 0.388. The largest absolute Gasteiger partial charge is 0.324 e. The van der Waals surface area contributed by atoms with Crippen LogP contribution in [0.4, 0.5) is 14.9 Å². The lowest BCUT2D eigenvalue weighted by Crippen LogP contribution is -2.61. The van der Waals surface area contributed by atoms with Gasteiger partial charge in [0, 0.05) is 32.2 Å². The second-order valence-electron chi connectivity index (χ2n) is 4.73. The summed E-state index contributed by atoms with van der Waals surface area (Å²) in [6.07, 6.45) is 0.882. The van der Waals surface area contributed by atoms with Crippen molar-refractivity contribution in [2.24, 2.45) is 0 Å². The van der Waals surface area contributed by atoms with E-state index in [0.717, 1.165) is 19.5 Å². The summed E-state index contributed by atoms with van der Waals surface area (Å²) in [5.74, 6) is -0.334. The molecule has 2 fully saturated rings. The predicted octanol–water partition coefficient (Wildman–Crippen LogP) is 1.43. The number of urea groups is 1. The Kier molecular flexibility index (Phi) is 2.91. The number of amides is 2. The molecule has 0 bridgehead atoms. The Morgan fingerprint density at radius 2 is 2.11 bits per heavy atom.